The second-order valence-corrected chi connectivity index (χ2v) is 9.58. The van der Waals surface area contributed by atoms with Crippen molar-refractivity contribution >= 4 is 15.9 Å². The maximum Gasteiger partial charge on any atom is 0.416 e. The molecule has 1 heterocycles. The minimum atomic E-state index is -4.41. The van der Waals surface area contributed by atoms with Crippen molar-refractivity contribution in [1.82, 2.24) is 9.21 Å². The average molecular weight is 465 g/mol. The Morgan fingerprint density at radius 3 is 2.28 bits per heavy atom. The van der Waals surface area contributed by atoms with Crippen LogP contribution in [-0.2, 0) is 27.5 Å². The Kier molecular flexibility index (Phi) is 6.91. The van der Waals surface area contributed by atoms with E-state index in [1.54, 1.807) is 19.2 Å². The summed E-state index contributed by atoms with van der Waals surface area (Å²) in [7, 11) is -2.27. The molecule has 0 bridgehead atoms. The highest BCUT2D eigenvalue weighted by molar-refractivity contribution is 7.89. The highest BCUT2D eigenvalue weighted by Gasteiger charge is 2.34. The molecule has 0 saturated carbocycles. The van der Waals surface area contributed by atoms with E-state index >= 15 is 0 Å². The molecule has 0 atom stereocenters. The number of halogens is 3. The quantitative estimate of drug-likeness (QED) is 0.675. The second-order valence-electron chi connectivity index (χ2n) is 7.68. The third-order valence-electron chi connectivity index (χ3n) is 5.51. The van der Waals surface area contributed by atoms with Crippen molar-refractivity contribution in [2.75, 3.05) is 20.1 Å². The van der Waals surface area contributed by atoms with E-state index in [4.69, 9.17) is 0 Å². The molecule has 2 aromatic carbocycles. The molecule has 0 aliphatic carbocycles. The Hall–Kier alpha value is -2.90. The number of carbonyl (C=O) groups excluding carboxylic acids is 1. The van der Waals surface area contributed by atoms with Crippen LogP contribution in [0.15, 0.2) is 53.4 Å². The van der Waals surface area contributed by atoms with Gasteiger partial charge in [-0.05, 0) is 42.7 Å². The molecule has 1 saturated heterocycles. The fraction of sp³-hybridized carbons (Fsp3) is 0.364. The van der Waals surface area contributed by atoms with E-state index < -0.39 is 21.8 Å². The maximum absolute atomic E-state index is 12.9. The summed E-state index contributed by atoms with van der Waals surface area (Å²) >= 11 is 0. The first-order valence-electron chi connectivity index (χ1n) is 9.94. The first-order valence-corrected chi connectivity index (χ1v) is 11.4. The Labute approximate surface area is 184 Å². The van der Waals surface area contributed by atoms with Gasteiger partial charge in [0, 0.05) is 32.6 Å². The van der Waals surface area contributed by atoms with Gasteiger partial charge >= 0.3 is 6.18 Å². The zero-order valence-corrected chi connectivity index (χ0v) is 18.2. The molecule has 170 valence electrons. The highest BCUT2D eigenvalue weighted by Crippen LogP contribution is 2.30. The summed E-state index contributed by atoms with van der Waals surface area (Å²) in [6, 6.07) is 12.5. The first-order chi connectivity index (χ1) is 15.0. The van der Waals surface area contributed by atoms with Gasteiger partial charge in [0.1, 0.15) is 6.07 Å². The molecular weight excluding hydrogens is 443 g/mol. The van der Waals surface area contributed by atoms with E-state index in [1.807, 2.05) is 6.07 Å². The molecule has 10 heteroatoms. The summed E-state index contributed by atoms with van der Waals surface area (Å²) < 4.78 is 65.2. The minimum Gasteiger partial charge on any atom is -0.341 e. The lowest BCUT2D eigenvalue weighted by atomic mass is 9.96. The summed E-state index contributed by atoms with van der Waals surface area (Å²) in [4.78, 5) is 14.2. The third kappa shape index (κ3) is 5.11. The van der Waals surface area contributed by atoms with Crippen LogP contribution in [0.2, 0.25) is 0 Å². The number of hydrogen-bond donors (Lipinski definition) is 0. The first kappa shape index (κ1) is 23.8. The van der Waals surface area contributed by atoms with Gasteiger partial charge in [0.25, 0.3) is 0 Å². The predicted octanol–water partition coefficient (Wildman–Crippen LogP) is 3.64. The lowest BCUT2D eigenvalue weighted by Crippen LogP contribution is -2.43. The number of benzene rings is 2. The summed E-state index contributed by atoms with van der Waals surface area (Å²) in [6.45, 7) is 0.449. The van der Waals surface area contributed by atoms with Crippen molar-refractivity contribution in [2.45, 2.75) is 30.5 Å². The molecule has 2 aromatic rings. The summed E-state index contributed by atoms with van der Waals surface area (Å²) in [5, 5.41) is 9.19. The van der Waals surface area contributed by atoms with Crippen LogP contribution in [0.5, 0.6) is 0 Å². The van der Waals surface area contributed by atoms with Crippen molar-refractivity contribution in [2.24, 2.45) is 5.92 Å². The monoisotopic (exact) mass is 465 g/mol. The summed E-state index contributed by atoms with van der Waals surface area (Å²) in [5.41, 5.74) is -0.106. The molecule has 0 spiro atoms. The number of nitrogens with zero attached hydrogens (tertiary/aromatic N) is 3. The topological polar surface area (TPSA) is 81.5 Å². The molecule has 6 nitrogen and oxygen atoms in total. The number of sulfonamides is 1. The van der Waals surface area contributed by atoms with Gasteiger partial charge in [-0.25, -0.2) is 8.42 Å². The molecule has 32 heavy (non-hydrogen) atoms. The number of alkyl halides is 3. The van der Waals surface area contributed by atoms with Crippen molar-refractivity contribution in [3.05, 3.63) is 65.2 Å². The van der Waals surface area contributed by atoms with Gasteiger partial charge in [-0.1, -0.05) is 24.3 Å². The van der Waals surface area contributed by atoms with Crippen LogP contribution in [0.25, 0.3) is 0 Å². The number of carbonyl (C=O) groups is 1. The second kappa shape index (κ2) is 9.30. The molecule has 1 fully saturated rings. The number of piperidine rings is 1. The highest BCUT2D eigenvalue weighted by atomic mass is 32.2. The normalized spacial score (nSPS) is 15.8. The van der Waals surface area contributed by atoms with Crippen molar-refractivity contribution in [3.63, 3.8) is 0 Å². The lowest BCUT2D eigenvalue weighted by Gasteiger charge is -2.32. The number of amides is 1. The molecule has 0 radical (unpaired) electrons. The largest absolute Gasteiger partial charge is 0.416 e. The maximum atomic E-state index is 12.9. The van der Waals surface area contributed by atoms with E-state index in [9.17, 15) is 31.6 Å². The average Bonchev–Trinajstić information content (AvgIpc) is 2.78. The smallest absolute Gasteiger partial charge is 0.341 e. The van der Waals surface area contributed by atoms with Crippen LogP contribution in [-0.4, -0.2) is 43.7 Å². The standard InChI is InChI=1S/C22H22F3N3O3S/c1-27(15-16-6-8-19(9-7-16)22(23,24)25)21(29)17-10-12-28(13-11-17)32(30,31)20-5-3-2-4-18(20)14-26/h2-9,17H,10-13,15H2,1H3. The van der Waals surface area contributed by atoms with Gasteiger partial charge in [0.2, 0.25) is 15.9 Å². The van der Waals surface area contributed by atoms with Gasteiger partial charge in [-0.2, -0.15) is 22.7 Å². The lowest BCUT2D eigenvalue weighted by molar-refractivity contribution is -0.138. The molecule has 1 aliphatic rings. The van der Waals surface area contributed by atoms with Gasteiger partial charge in [-0.3, -0.25) is 4.79 Å². The third-order valence-corrected chi connectivity index (χ3v) is 7.46. The van der Waals surface area contributed by atoms with Crippen LogP contribution in [0.1, 0.15) is 29.5 Å². The Balaban J connectivity index is 1.61. The fourth-order valence-corrected chi connectivity index (χ4v) is 5.34. The van der Waals surface area contributed by atoms with Gasteiger partial charge < -0.3 is 4.90 Å². The van der Waals surface area contributed by atoms with Crippen LogP contribution in [0.4, 0.5) is 13.2 Å². The molecule has 0 aromatic heterocycles. The number of hydrogen-bond acceptors (Lipinski definition) is 4. The van der Waals surface area contributed by atoms with Crippen molar-refractivity contribution < 1.29 is 26.4 Å². The van der Waals surface area contributed by atoms with Gasteiger partial charge in [0.05, 0.1) is 16.0 Å². The van der Waals surface area contributed by atoms with E-state index in [2.05, 4.69) is 0 Å². The van der Waals surface area contributed by atoms with E-state index in [0.29, 0.717) is 18.4 Å². The molecule has 1 amide bonds. The molecule has 1 aliphatic heterocycles. The fourth-order valence-electron chi connectivity index (χ4n) is 3.73. The zero-order valence-electron chi connectivity index (χ0n) is 17.3. The van der Waals surface area contributed by atoms with Crippen LogP contribution in [0, 0.1) is 17.2 Å². The Morgan fingerprint density at radius 2 is 1.72 bits per heavy atom. The zero-order chi connectivity index (χ0) is 23.5. The number of nitriles is 1. The molecular formula is C22H22F3N3O3S. The Morgan fingerprint density at radius 1 is 1.12 bits per heavy atom. The summed E-state index contributed by atoms with van der Waals surface area (Å²) in [6.07, 6.45) is -3.77. The van der Waals surface area contributed by atoms with E-state index in [0.717, 1.165) is 12.1 Å². The van der Waals surface area contributed by atoms with Crippen LogP contribution in [0.3, 0.4) is 0 Å². The van der Waals surface area contributed by atoms with Crippen molar-refractivity contribution in [3.8, 4) is 6.07 Å². The predicted molar refractivity (Wildman–Crippen MR) is 111 cm³/mol. The Bertz CT molecular complexity index is 1120. The SMILES string of the molecule is CN(Cc1ccc(C(F)(F)F)cc1)C(=O)C1CCN(S(=O)(=O)c2ccccc2C#N)CC1. The molecule has 3 rings (SSSR count). The van der Waals surface area contributed by atoms with Crippen LogP contribution >= 0.6 is 0 Å². The van der Waals surface area contributed by atoms with Crippen molar-refractivity contribution in [1.29, 1.82) is 5.26 Å². The molecule has 0 unspecified atom stereocenters. The summed E-state index contributed by atoms with van der Waals surface area (Å²) in [5.74, 6) is -0.563. The molecule has 0 N–H and O–H groups in total. The number of rotatable bonds is 5. The van der Waals surface area contributed by atoms with E-state index in [-0.39, 0.29) is 41.9 Å². The van der Waals surface area contributed by atoms with E-state index in [1.165, 1.54) is 33.5 Å². The van der Waals surface area contributed by atoms with Gasteiger partial charge in [-0.15, -0.1) is 0 Å². The van der Waals surface area contributed by atoms with Crippen LogP contribution < -0.4 is 0 Å². The van der Waals surface area contributed by atoms with Gasteiger partial charge in [0.15, 0.2) is 0 Å². The minimum absolute atomic E-state index is 0.0494.